The summed E-state index contributed by atoms with van der Waals surface area (Å²) >= 11 is 0. The SMILES string of the molecule is CC1(C)CCC[C@@]2(C)[C@H]1CC[C@]1(C)[C@H]2CC[C@@H]2[C@@]3(C)CCC(=O)[C@H]3CC[C@]21C. The molecule has 0 amide bonds. The average Bonchev–Trinajstić information content (AvgIpc) is 2.90. The molecule has 0 N–H and O–H groups in total. The second-order valence-electron chi connectivity index (χ2n) is 13.5. The lowest BCUT2D eigenvalue weighted by molar-refractivity contribution is -0.238. The number of Topliss-reactive ketones (excluding diaryl/α,β-unsaturated/α-hetero) is 1. The van der Waals surface area contributed by atoms with Gasteiger partial charge in [-0.05, 0) is 103 Å². The fourth-order valence-corrected chi connectivity index (χ4v) is 11.0. The standard InChI is InChI=1S/C27H44O/c1-23(2)13-7-14-25(4)20(23)12-17-27(6)22(25)9-8-21-24(3)15-11-19(28)18(24)10-16-26(21,27)5/h18,20-22H,7-17H2,1-6H3/t18-,20+,21-,22+,24+,25+,26-,27-/m1/s1. The van der Waals surface area contributed by atoms with Crippen LogP contribution in [0.1, 0.15) is 112 Å². The van der Waals surface area contributed by atoms with Crippen molar-refractivity contribution in [1.29, 1.82) is 0 Å². The maximum Gasteiger partial charge on any atom is 0.136 e. The molecule has 0 heterocycles. The number of carbonyl (C=O) groups excluding carboxylic acids is 1. The molecular formula is C27H44O. The van der Waals surface area contributed by atoms with Crippen molar-refractivity contribution in [2.75, 3.05) is 0 Å². The van der Waals surface area contributed by atoms with Crippen molar-refractivity contribution in [2.24, 2.45) is 50.7 Å². The van der Waals surface area contributed by atoms with Gasteiger partial charge in [-0.15, -0.1) is 0 Å². The van der Waals surface area contributed by atoms with Crippen molar-refractivity contribution in [1.82, 2.24) is 0 Å². The molecule has 8 atom stereocenters. The van der Waals surface area contributed by atoms with Crippen molar-refractivity contribution >= 4 is 5.78 Å². The molecule has 158 valence electrons. The number of hydrogen-bond acceptors (Lipinski definition) is 1. The Balaban J connectivity index is 1.56. The Morgan fingerprint density at radius 3 is 1.93 bits per heavy atom. The van der Waals surface area contributed by atoms with E-state index >= 15 is 0 Å². The Labute approximate surface area is 173 Å². The number of hydrogen-bond donors (Lipinski definition) is 0. The summed E-state index contributed by atoms with van der Waals surface area (Å²) in [6.45, 7) is 15.8. The highest BCUT2D eigenvalue weighted by Crippen LogP contribution is 2.77. The van der Waals surface area contributed by atoms with E-state index in [0.717, 1.165) is 24.2 Å². The molecule has 0 bridgehead atoms. The minimum atomic E-state index is 0.293. The first-order chi connectivity index (χ1) is 13.0. The molecule has 0 aromatic rings. The summed E-state index contributed by atoms with van der Waals surface area (Å²) in [5.74, 6) is 3.54. The topological polar surface area (TPSA) is 17.1 Å². The summed E-state index contributed by atoms with van der Waals surface area (Å²) in [6, 6.07) is 0. The smallest absolute Gasteiger partial charge is 0.136 e. The van der Waals surface area contributed by atoms with Crippen LogP contribution in [0.3, 0.4) is 0 Å². The van der Waals surface area contributed by atoms with Gasteiger partial charge < -0.3 is 0 Å². The quantitative estimate of drug-likeness (QED) is 0.424. The number of ketones is 1. The van der Waals surface area contributed by atoms with Crippen LogP contribution in [0, 0.1) is 50.7 Å². The molecule has 5 aliphatic carbocycles. The van der Waals surface area contributed by atoms with Gasteiger partial charge >= 0.3 is 0 Å². The third-order valence-corrected chi connectivity index (χ3v) is 12.5. The largest absolute Gasteiger partial charge is 0.299 e. The van der Waals surface area contributed by atoms with E-state index in [0.29, 0.717) is 38.8 Å². The van der Waals surface area contributed by atoms with Gasteiger partial charge in [0.05, 0.1) is 0 Å². The summed E-state index contributed by atoms with van der Waals surface area (Å²) in [6.07, 6.45) is 14.5. The molecule has 5 aliphatic rings. The van der Waals surface area contributed by atoms with Gasteiger partial charge in [-0.25, -0.2) is 0 Å². The normalized spacial score (nSPS) is 57.7. The zero-order chi connectivity index (χ0) is 20.2. The van der Waals surface area contributed by atoms with E-state index in [1.807, 2.05) is 0 Å². The van der Waals surface area contributed by atoms with E-state index in [4.69, 9.17) is 0 Å². The van der Waals surface area contributed by atoms with Gasteiger partial charge in [0.15, 0.2) is 0 Å². The highest BCUT2D eigenvalue weighted by Gasteiger charge is 2.70. The summed E-state index contributed by atoms with van der Waals surface area (Å²) < 4.78 is 0. The van der Waals surface area contributed by atoms with Gasteiger partial charge in [-0.3, -0.25) is 4.79 Å². The minimum Gasteiger partial charge on any atom is -0.299 e. The lowest BCUT2D eigenvalue weighted by Crippen LogP contribution is -2.65. The van der Waals surface area contributed by atoms with Crippen molar-refractivity contribution in [2.45, 2.75) is 112 Å². The Morgan fingerprint density at radius 1 is 0.643 bits per heavy atom. The van der Waals surface area contributed by atoms with Crippen LogP contribution in [0.2, 0.25) is 0 Å². The van der Waals surface area contributed by atoms with Crippen LogP contribution in [0.4, 0.5) is 0 Å². The number of fused-ring (bicyclic) bond motifs is 7. The zero-order valence-electron chi connectivity index (χ0n) is 19.5. The van der Waals surface area contributed by atoms with Crippen molar-refractivity contribution < 1.29 is 4.79 Å². The number of carbonyl (C=O) groups is 1. The summed E-state index contributed by atoms with van der Waals surface area (Å²) in [5, 5.41) is 0. The van der Waals surface area contributed by atoms with Crippen LogP contribution in [0.25, 0.3) is 0 Å². The molecule has 0 aromatic carbocycles. The predicted molar refractivity (Wildman–Crippen MR) is 116 cm³/mol. The minimum absolute atomic E-state index is 0.293. The van der Waals surface area contributed by atoms with Gasteiger partial charge in [0, 0.05) is 12.3 Å². The molecule has 5 rings (SSSR count). The second-order valence-corrected chi connectivity index (χ2v) is 13.5. The first kappa shape index (κ1) is 19.6. The van der Waals surface area contributed by atoms with Crippen LogP contribution in [-0.2, 0) is 4.79 Å². The maximum atomic E-state index is 12.7. The van der Waals surface area contributed by atoms with E-state index in [9.17, 15) is 4.79 Å². The maximum absolute atomic E-state index is 12.7. The first-order valence-corrected chi connectivity index (χ1v) is 12.5. The van der Waals surface area contributed by atoms with E-state index in [1.165, 1.54) is 64.2 Å². The Morgan fingerprint density at radius 2 is 1.25 bits per heavy atom. The Kier molecular flexibility index (Phi) is 3.97. The summed E-state index contributed by atoms with van der Waals surface area (Å²) in [4.78, 5) is 12.7. The Bertz CT molecular complexity index is 692. The second kappa shape index (κ2) is 5.67. The van der Waals surface area contributed by atoms with Crippen molar-refractivity contribution in [3.05, 3.63) is 0 Å². The highest BCUT2D eigenvalue weighted by atomic mass is 16.1. The summed E-state index contributed by atoms with van der Waals surface area (Å²) in [7, 11) is 0. The molecule has 0 unspecified atom stereocenters. The molecule has 0 saturated heterocycles. The van der Waals surface area contributed by atoms with Gasteiger partial charge in [0.2, 0.25) is 0 Å². The molecule has 5 saturated carbocycles. The van der Waals surface area contributed by atoms with Crippen molar-refractivity contribution in [3.8, 4) is 0 Å². The lowest BCUT2D eigenvalue weighted by atomic mass is 9.32. The molecule has 0 aliphatic heterocycles. The zero-order valence-corrected chi connectivity index (χ0v) is 19.5. The average molecular weight is 385 g/mol. The highest BCUT2D eigenvalue weighted by molar-refractivity contribution is 5.84. The van der Waals surface area contributed by atoms with Crippen LogP contribution < -0.4 is 0 Å². The van der Waals surface area contributed by atoms with Crippen molar-refractivity contribution in [3.63, 3.8) is 0 Å². The van der Waals surface area contributed by atoms with Gasteiger partial charge in [0.1, 0.15) is 5.78 Å². The number of rotatable bonds is 0. The van der Waals surface area contributed by atoms with Gasteiger partial charge in [-0.2, -0.15) is 0 Å². The fraction of sp³-hybridized carbons (Fsp3) is 0.963. The monoisotopic (exact) mass is 384 g/mol. The van der Waals surface area contributed by atoms with E-state index in [-0.39, 0.29) is 0 Å². The lowest BCUT2D eigenvalue weighted by Gasteiger charge is -2.72. The fourth-order valence-electron chi connectivity index (χ4n) is 11.0. The first-order valence-electron chi connectivity index (χ1n) is 12.5. The summed E-state index contributed by atoms with van der Waals surface area (Å²) in [5.41, 5.74) is 2.25. The predicted octanol–water partition coefficient (Wildman–Crippen LogP) is 7.43. The van der Waals surface area contributed by atoms with E-state index < -0.39 is 0 Å². The molecule has 1 heteroatoms. The molecule has 0 spiro atoms. The molecule has 5 fully saturated rings. The van der Waals surface area contributed by atoms with Crippen LogP contribution in [-0.4, -0.2) is 5.78 Å². The van der Waals surface area contributed by atoms with Gasteiger partial charge in [-0.1, -0.05) is 48.0 Å². The third kappa shape index (κ3) is 2.13. The molecular weight excluding hydrogens is 340 g/mol. The molecule has 0 radical (unpaired) electrons. The van der Waals surface area contributed by atoms with Crippen LogP contribution in [0.15, 0.2) is 0 Å². The molecule has 0 aromatic heterocycles. The Hall–Kier alpha value is -0.330. The van der Waals surface area contributed by atoms with E-state index in [1.54, 1.807) is 0 Å². The van der Waals surface area contributed by atoms with Gasteiger partial charge in [0.25, 0.3) is 0 Å². The van der Waals surface area contributed by atoms with Crippen LogP contribution >= 0.6 is 0 Å². The molecule has 1 nitrogen and oxygen atoms in total. The van der Waals surface area contributed by atoms with E-state index in [2.05, 4.69) is 41.5 Å². The molecule has 28 heavy (non-hydrogen) atoms. The third-order valence-electron chi connectivity index (χ3n) is 12.5. The van der Waals surface area contributed by atoms with Crippen LogP contribution in [0.5, 0.6) is 0 Å².